The number of nitrogens with zero attached hydrogens (tertiary/aromatic N) is 2. The SMILES string of the molecule is CNCc1nc(-c2ccc(OC)c(F)c2)n(C)c1Br. The summed E-state index contributed by atoms with van der Waals surface area (Å²) in [4.78, 5) is 4.51. The van der Waals surface area contributed by atoms with Crippen molar-refractivity contribution in [1.29, 1.82) is 0 Å². The van der Waals surface area contributed by atoms with Crippen LogP contribution in [0.4, 0.5) is 4.39 Å². The molecule has 2 rings (SSSR count). The number of rotatable bonds is 4. The summed E-state index contributed by atoms with van der Waals surface area (Å²) in [6.45, 7) is 0.646. The summed E-state index contributed by atoms with van der Waals surface area (Å²) in [6.07, 6.45) is 0. The molecule has 1 aromatic heterocycles. The highest BCUT2D eigenvalue weighted by atomic mass is 79.9. The Morgan fingerprint density at radius 1 is 1.47 bits per heavy atom. The van der Waals surface area contributed by atoms with Gasteiger partial charge in [-0.25, -0.2) is 9.37 Å². The first-order chi connectivity index (χ1) is 9.08. The Bertz CT molecular complexity index is 598. The fourth-order valence-corrected chi connectivity index (χ4v) is 2.28. The van der Waals surface area contributed by atoms with Crippen LogP contribution in [0.1, 0.15) is 5.69 Å². The van der Waals surface area contributed by atoms with Crippen molar-refractivity contribution >= 4 is 15.9 Å². The standard InChI is InChI=1S/C13H15BrFN3O/c1-16-7-10-12(14)18(2)13(17-10)8-4-5-11(19-3)9(15)6-8/h4-6,16H,7H2,1-3H3. The third-order valence-electron chi connectivity index (χ3n) is 2.85. The van der Waals surface area contributed by atoms with E-state index in [0.29, 0.717) is 17.9 Å². The van der Waals surface area contributed by atoms with Crippen LogP contribution in [0.3, 0.4) is 0 Å². The number of halogens is 2. The van der Waals surface area contributed by atoms with E-state index in [1.807, 2.05) is 18.7 Å². The van der Waals surface area contributed by atoms with Crippen LogP contribution in [0.2, 0.25) is 0 Å². The average molecular weight is 328 g/mol. The van der Waals surface area contributed by atoms with Crippen molar-refractivity contribution in [1.82, 2.24) is 14.9 Å². The lowest BCUT2D eigenvalue weighted by molar-refractivity contribution is 0.386. The fourth-order valence-electron chi connectivity index (χ4n) is 1.88. The number of imidazole rings is 1. The van der Waals surface area contributed by atoms with Crippen molar-refractivity contribution in [2.45, 2.75) is 6.54 Å². The van der Waals surface area contributed by atoms with Crippen LogP contribution < -0.4 is 10.1 Å². The van der Waals surface area contributed by atoms with E-state index in [0.717, 1.165) is 10.3 Å². The Hall–Kier alpha value is -1.40. The lowest BCUT2D eigenvalue weighted by Crippen LogP contribution is -2.05. The molecule has 2 aromatic rings. The first-order valence-electron chi connectivity index (χ1n) is 5.78. The number of hydrogen-bond donors (Lipinski definition) is 1. The first kappa shape index (κ1) is 14.0. The van der Waals surface area contributed by atoms with Gasteiger partial charge in [0.25, 0.3) is 0 Å². The van der Waals surface area contributed by atoms with Crippen molar-refractivity contribution in [3.8, 4) is 17.1 Å². The van der Waals surface area contributed by atoms with Gasteiger partial charge in [-0.15, -0.1) is 0 Å². The maximum atomic E-state index is 13.7. The van der Waals surface area contributed by atoms with Crippen molar-refractivity contribution in [3.63, 3.8) is 0 Å². The number of aromatic nitrogens is 2. The van der Waals surface area contributed by atoms with Gasteiger partial charge in [-0.1, -0.05) is 0 Å². The predicted octanol–water partition coefficient (Wildman–Crippen LogP) is 2.72. The first-order valence-corrected chi connectivity index (χ1v) is 6.57. The van der Waals surface area contributed by atoms with Gasteiger partial charge in [-0.3, -0.25) is 0 Å². The zero-order chi connectivity index (χ0) is 14.0. The third-order valence-corrected chi connectivity index (χ3v) is 3.84. The van der Waals surface area contributed by atoms with Crippen LogP contribution >= 0.6 is 15.9 Å². The Morgan fingerprint density at radius 3 is 2.79 bits per heavy atom. The van der Waals surface area contributed by atoms with Gasteiger partial charge in [-0.05, 0) is 41.2 Å². The molecule has 0 radical (unpaired) electrons. The van der Waals surface area contributed by atoms with E-state index in [4.69, 9.17) is 4.74 Å². The van der Waals surface area contributed by atoms with Gasteiger partial charge in [0.2, 0.25) is 0 Å². The van der Waals surface area contributed by atoms with E-state index >= 15 is 0 Å². The average Bonchev–Trinajstić information content (AvgIpc) is 2.67. The lowest BCUT2D eigenvalue weighted by Gasteiger charge is -2.05. The van der Waals surface area contributed by atoms with E-state index < -0.39 is 5.82 Å². The Kier molecular flexibility index (Phi) is 4.21. The van der Waals surface area contributed by atoms with Gasteiger partial charge in [0.1, 0.15) is 10.4 Å². The van der Waals surface area contributed by atoms with Crippen LogP contribution in [0, 0.1) is 5.82 Å². The van der Waals surface area contributed by atoms with Gasteiger partial charge >= 0.3 is 0 Å². The molecule has 1 heterocycles. The second-order valence-electron chi connectivity index (χ2n) is 4.11. The topological polar surface area (TPSA) is 39.1 Å². The summed E-state index contributed by atoms with van der Waals surface area (Å²) >= 11 is 3.49. The summed E-state index contributed by atoms with van der Waals surface area (Å²) in [5.74, 6) is 0.542. The molecular formula is C13H15BrFN3O. The molecule has 1 aromatic carbocycles. The van der Waals surface area contributed by atoms with Crippen LogP contribution in [-0.2, 0) is 13.6 Å². The zero-order valence-corrected chi connectivity index (χ0v) is 12.6. The molecule has 1 N–H and O–H groups in total. The minimum absolute atomic E-state index is 0.229. The smallest absolute Gasteiger partial charge is 0.165 e. The van der Waals surface area contributed by atoms with E-state index in [9.17, 15) is 4.39 Å². The van der Waals surface area contributed by atoms with Gasteiger partial charge in [0.05, 0.1) is 12.8 Å². The summed E-state index contributed by atoms with van der Waals surface area (Å²) in [5, 5.41) is 3.05. The van der Waals surface area contributed by atoms with Crippen LogP contribution in [0.15, 0.2) is 22.8 Å². The molecule has 0 spiro atoms. The molecule has 0 saturated carbocycles. The molecule has 102 valence electrons. The maximum Gasteiger partial charge on any atom is 0.165 e. The molecule has 0 bridgehead atoms. The number of hydrogen-bond acceptors (Lipinski definition) is 3. The molecule has 0 saturated heterocycles. The summed E-state index contributed by atoms with van der Waals surface area (Å²) in [6, 6.07) is 4.82. The molecule has 0 aliphatic carbocycles. The van der Waals surface area contributed by atoms with Gasteiger partial charge in [0.15, 0.2) is 11.6 Å². The maximum absolute atomic E-state index is 13.7. The number of methoxy groups -OCH3 is 1. The van der Waals surface area contributed by atoms with Crippen molar-refractivity contribution in [2.24, 2.45) is 7.05 Å². The summed E-state index contributed by atoms with van der Waals surface area (Å²) < 4.78 is 21.4. The molecule has 0 fully saturated rings. The van der Waals surface area contributed by atoms with Gasteiger partial charge < -0.3 is 14.6 Å². The molecule has 0 amide bonds. The van der Waals surface area contributed by atoms with Crippen molar-refractivity contribution in [2.75, 3.05) is 14.2 Å². The zero-order valence-electron chi connectivity index (χ0n) is 11.0. The highest BCUT2D eigenvalue weighted by molar-refractivity contribution is 9.10. The predicted molar refractivity (Wildman–Crippen MR) is 75.6 cm³/mol. The van der Waals surface area contributed by atoms with E-state index in [1.54, 1.807) is 12.1 Å². The normalized spacial score (nSPS) is 10.8. The quantitative estimate of drug-likeness (QED) is 0.938. The van der Waals surface area contributed by atoms with Crippen LogP contribution in [0.5, 0.6) is 5.75 Å². The van der Waals surface area contributed by atoms with E-state index in [2.05, 4.69) is 26.2 Å². The van der Waals surface area contributed by atoms with E-state index in [-0.39, 0.29) is 5.75 Å². The monoisotopic (exact) mass is 327 g/mol. The molecule has 0 aliphatic heterocycles. The van der Waals surface area contributed by atoms with Crippen LogP contribution in [-0.4, -0.2) is 23.7 Å². The minimum Gasteiger partial charge on any atom is -0.494 e. The van der Waals surface area contributed by atoms with Crippen molar-refractivity contribution < 1.29 is 9.13 Å². The molecule has 0 aliphatic rings. The Morgan fingerprint density at radius 2 is 2.21 bits per heavy atom. The largest absolute Gasteiger partial charge is 0.494 e. The summed E-state index contributed by atoms with van der Waals surface area (Å²) in [5.41, 5.74) is 1.60. The number of nitrogens with one attached hydrogen (secondary N) is 1. The minimum atomic E-state index is -0.394. The van der Waals surface area contributed by atoms with Crippen molar-refractivity contribution in [3.05, 3.63) is 34.3 Å². The van der Waals surface area contributed by atoms with Crippen LogP contribution in [0.25, 0.3) is 11.4 Å². The Balaban J connectivity index is 2.47. The molecule has 0 atom stereocenters. The molecule has 0 unspecified atom stereocenters. The molecule has 19 heavy (non-hydrogen) atoms. The van der Waals surface area contributed by atoms with Gasteiger partial charge in [0, 0.05) is 19.2 Å². The molecule has 4 nitrogen and oxygen atoms in total. The molecule has 6 heteroatoms. The summed E-state index contributed by atoms with van der Waals surface area (Å²) in [7, 11) is 5.18. The Labute approximate surface area is 119 Å². The highest BCUT2D eigenvalue weighted by Gasteiger charge is 2.15. The number of ether oxygens (including phenoxy) is 1. The second-order valence-corrected chi connectivity index (χ2v) is 4.86. The highest BCUT2D eigenvalue weighted by Crippen LogP contribution is 2.28. The number of benzene rings is 1. The second kappa shape index (κ2) is 5.71. The van der Waals surface area contributed by atoms with E-state index in [1.165, 1.54) is 13.2 Å². The third kappa shape index (κ3) is 2.64. The lowest BCUT2D eigenvalue weighted by atomic mass is 10.2. The fraction of sp³-hybridized carbons (Fsp3) is 0.308. The molecular weight excluding hydrogens is 313 g/mol. The van der Waals surface area contributed by atoms with Gasteiger partial charge in [-0.2, -0.15) is 0 Å².